The molecule has 0 bridgehead atoms. The average Bonchev–Trinajstić information content (AvgIpc) is 3.13. The Morgan fingerprint density at radius 2 is 1.74 bits per heavy atom. The SMILES string of the molecule is CCCc1ccnc(C)c1C(O)c1ccc(-c2ccccc2C2=NC(C)(C)CO2)cc1. The number of hydrogen-bond donors (Lipinski definition) is 1. The summed E-state index contributed by atoms with van der Waals surface area (Å²) in [5.41, 5.74) is 6.77. The molecule has 0 saturated heterocycles. The molecular formula is C27H30N2O2. The van der Waals surface area contributed by atoms with E-state index in [1.807, 2.05) is 49.5 Å². The van der Waals surface area contributed by atoms with E-state index in [4.69, 9.17) is 9.73 Å². The zero-order chi connectivity index (χ0) is 22.0. The number of aliphatic imine (C=N–C) groups is 1. The van der Waals surface area contributed by atoms with E-state index in [-0.39, 0.29) is 5.54 Å². The molecule has 3 aromatic rings. The second-order valence-corrected chi connectivity index (χ2v) is 8.81. The van der Waals surface area contributed by atoms with E-state index in [1.54, 1.807) is 0 Å². The first-order chi connectivity index (χ1) is 14.9. The van der Waals surface area contributed by atoms with Gasteiger partial charge in [-0.2, -0.15) is 0 Å². The number of aromatic nitrogens is 1. The summed E-state index contributed by atoms with van der Waals surface area (Å²) in [6.45, 7) is 8.86. The molecule has 0 fully saturated rings. The summed E-state index contributed by atoms with van der Waals surface area (Å²) in [5.74, 6) is 0.694. The van der Waals surface area contributed by atoms with Crippen LogP contribution in [0.4, 0.5) is 0 Å². The van der Waals surface area contributed by atoms with Crippen LogP contribution in [0.25, 0.3) is 11.1 Å². The van der Waals surface area contributed by atoms with Crippen LogP contribution in [0.15, 0.2) is 65.8 Å². The molecule has 0 amide bonds. The summed E-state index contributed by atoms with van der Waals surface area (Å²) in [6, 6.07) is 18.3. The van der Waals surface area contributed by atoms with Crippen molar-refractivity contribution in [2.45, 2.75) is 52.2 Å². The molecule has 1 aliphatic heterocycles. The van der Waals surface area contributed by atoms with Crippen LogP contribution in [0.5, 0.6) is 0 Å². The lowest BCUT2D eigenvalue weighted by molar-refractivity contribution is 0.218. The molecule has 0 saturated carbocycles. The van der Waals surface area contributed by atoms with Gasteiger partial charge in [-0.3, -0.25) is 4.98 Å². The highest BCUT2D eigenvalue weighted by molar-refractivity contribution is 6.01. The molecule has 0 radical (unpaired) electrons. The Hall–Kier alpha value is -2.98. The first-order valence-corrected chi connectivity index (χ1v) is 10.9. The van der Waals surface area contributed by atoms with Crippen molar-refractivity contribution in [1.82, 2.24) is 4.98 Å². The van der Waals surface area contributed by atoms with E-state index in [0.717, 1.165) is 51.9 Å². The van der Waals surface area contributed by atoms with Crippen LogP contribution >= 0.6 is 0 Å². The molecule has 4 heteroatoms. The van der Waals surface area contributed by atoms with Crippen LogP contribution in [-0.4, -0.2) is 28.1 Å². The maximum atomic E-state index is 11.1. The van der Waals surface area contributed by atoms with E-state index in [0.29, 0.717) is 12.5 Å². The predicted octanol–water partition coefficient (Wildman–Crippen LogP) is 5.65. The Morgan fingerprint density at radius 1 is 1.03 bits per heavy atom. The third-order valence-electron chi connectivity index (χ3n) is 5.73. The highest BCUT2D eigenvalue weighted by atomic mass is 16.5. The quantitative estimate of drug-likeness (QED) is 0.567. The van der Waals surface area contributed by atoms with Gasteiger partial charge in [0.05, 0.1) is 5.54 Å². The van der Waals surface area contributed by atoms with Gasteiger partial charge in [-0.15, -0.1) is 0 Å². The lowest BCUT2D eigenvalue weighted by atomic mass is 9.92. The van der Waals surface area contributed by atoms with Crippen molar-refractivity contribution >= 4 is 5.90 Å². The lowest BCUT2D eigenvalue weighted by Crippen LogP contribution is -2.17. The maximum absolute atomic E-state index is 11.1. The van der Waals surface area contributed by atoms with Gasteiger partial charge >= 0.3 is 0 Å². The summed E-state index contributed by atoms with van der Waals surface area (Å²) in [5, 5.41) is 11.1. The fraction of sp³-hybridized carbons (Fsp3) is 0.333. The largest absolute Gasteiger partial charge is 0.475 e. The molecule has 1 atom stereocenters. The molecule has 1 aliphatic rings. The van der Waals surface area contributed by atoms with Crippen LogP contribution in [-0.2, 0) is 11.2 Å². The Balaban J connectivity index is 1.67. The van der Waals surface area contributed by atoms with Gasteiger partial charge < -0.3 is 9.84 Å². The van der Waals surface area contributed by atoms with Gasteiger partial charge in [-0.1, -0.05) is 55.8 Å². The van der Waals surface area contributed by atoms with E-state index >= 15 is 0 Å². The minimum absolute atomic E-state index is 0.200. The van der Waals surface area contributed by atoms with Crippen LogP contribution in [0.2, 0.25) is 0 Å². The third-order valence-corrected chi connectivity index (χ3v) is 5.73. The first kappa shape index (κ1) is 21.3. The second kappa shape index (κ2) is 8.64. The Kier molecular flexibility index (Phi) is 5.92. The number of nitrogens with zero attached hydrogens (tertiary/aromatic N) is 2. The van der Waals surface area contributed by atoms with E-state index in [9.17, 15) is 5.11 Å². The standard InChI is InChI=1S/C27H30N2O2/c1-5-8-20-15-16-28-18(2)24(20)25(30)21-13-11-19(12-14-21)22-9-6-7-10-23(22)26-29-27(3,4)17-31-26/h6-7,9-16,25,30H,5,8,17H2,1-4H3. The minimum atomic E-state index is -0.692. The van der Waals surface area contributed by atoms with Crippen molar-refractivity contribution < 1.29 is 9.84 Å². The smallest absolute Gasteiger partial charge is 0.217 e. The fourth-order valence-electron chi connectivity index (χ4n) is 4.15. The maximum Gasteiger partial charge on any atom is 0.217 e. The molecule has 4 nitrogen and oxygen atoms in total. The summed E-state index contributed by atoms with van der Waals surface area (Å²) >= 11 is 0. The van der Waals surface area contributed by atoms with Crippen LogP contribution < -0.4 is 0 Å². The molecule has 0 aliphatic carbocycles. The first-order valence-electron chi connectivity index (χ1n) is 10.9. The number of hydrogen-bond acceptors (Lipinski definition) is 4. The predicted molar refractivity (Wildman–Crippen MR) is 125 cm³/mol. The minimum Gasteiger partial charge on any atom is -0.475 e. The molecule has 31 heavy (non-hydrogen) atoms. The van der Waals surface area contributed by atoms with Crippen molar-refractivity contribution in [3.05, 3.63) is 88.7 Å². The summed E-state index contributed by atoms with van der Waals surface area (Å²) in [6.07, 6.45) is 3.09. The van der Waals surface area contributed by atoms with Gasteiger partial charge in [0, 0.05) is 23.0 Å². The van der Waals surface area contributed by atoms with Gasteiger partial charge in [0.25, 0.3) is 0 Å². The normalized spacial score (nSPS) is 16.0. The molecule has 2 heterocycles. The Morgan fingerprint density at radius 3 is 2.39 bits per heavy atom. The fourth-order valence-corrected chi connectivity index (χ4v) is 4.15. The van der Waals surface area contributed by atoms with Gasteiger partial charge in [0.15, 0.2) is 0 Å². The van der Waals surface area contributed by atoms with Crippen molar-refractivity contribution in [2.24, 2.45) is 4.99 Å². The van der Waals surface area contributed by atoms with Crippen molar-refractivity contribution in [2.75, 3.05) is 6.61 Å². The van der Waals surface area contributed by atoms with Crippen molar-refractivity contribution in [1.29, 1.82) is 0 Å². The molecule has 4 rings (SSSR count). The average molecular weight is 415 g/mol. The number of ether oxygens (including phenoxy) is 1. The molecule has 1 N–H and O–H groups in total. The van der Waals surface area contributed by atoms with Crippen LogP contribution in [0.1, 0.15) is 61.2 Å². The second-order valence-electron chi connectivity index (χ2n) is 8.81. The van der Waals surface area contributed by atoms with E-state index < -0.39 is 6.10 Å². The molecule has 160 valence electrons. The number of aliphatic hydroxyl groups is 1. The summed E-state index contributed by atoms with van der Waals surface area (Å²) in [7, 11) is 0. The van der Waals surface area contributed by atoms with Crippen LogP contribution in [0, 0.1) is 6.92 Å². The topological polar surface area (TPSA) is 54.7 Å². The number of benzene rings is 2. The number of aryl methyl sites for hydroxylation is 2. The number of rotatable bonds is 6. The zero-order valence-electron chi connectivity index (χ0n) is 18.7. The monoisotopic (exact) mass is 414 g/mol. The zero-order valence-corrected chi connectivity index (χ0v) is 18.7. The van der Waals surface area contributed by atoms with Crippen molar-refractivity contribution in [3.63, 3.8) is 0 Å². The van der Waals surface area contributed by atoms with E-state index in [2.05, 4.69) is 44.0 Å². The lowest BCUT2D eigenvalue weighted by Gasteiger charge is -2.18. The van der Waals surface area contributed by atoms with Gasteiger partial charge in [-0.05, 0) is 61.6 Å². The molecule has 0 spiro atoms. The number of aliphatic hydroxyl groups excluding tert-OH is 1. The van der Waals surface area contributed by atoms with Gasteiger partial charge in [0.1, 0.15) is 12.7 Å². The Labute approximate surface area is 184 Å². The highest BCUT2D eigenvalue weighted by Gasteiger charge is 2.28. The third kappa shape index (κ3) is 4.40. The molecule has 2 aromatic carbocycles. The summed E-state index contributed by atoms with van der Waals surface area (Å²) in [4.78, 5) is 9.16. The summed E-state index contributed by atoms with van der Waals surface area (Å²) < 4.78 is 5.89. The van der Waals surface area contributed by atoms with Crippen LogP contribution in [0.3, 0.4) is 0 Å². The Bertz CT molecular complexity index is 1100. The highest BCUT2D eigenvalue weighted by Crippen LogP contribution is 2.32. The molecule has 1 unspecified atom stereocenters. The van der Waals surface area contributed by atoms with Crippen molar-refractivity contribution in [3.8, 4) is 11.1 Å². The van der Waals surface area contributed by atoms with Gasteiger partial charge in [-0.25, -0.2) is 4.99 Å². The van der Waals surface area contributed by atoms with Gasteiger partial charge in [0.2, 0.25) is 5.90 Å². The molecule has 1 aromatic heterocycles. The number of pyridine rings is 1. The van der Waals surface area contributed by atoms with E-state index in [1.165, 1.54) is 0 Å². The molecular weight excluding hydrogens is 384 g/mol.